The van der Waals surface area contributed by atoms with Crippen molar-refractivity contribution in [2.24, 2.45) is 0 Å². The molecule has 146 valence electrons. The first-order chi connectivity index (χ1) is 13.2. The number of amides is 1. The second-order valence-electron chi connectivity index (χ2n) is 6.99. The number of hydrogen-bond donors (Lipinski definition) is 1. The van der Waals surface area contributed by atoms with Crippen LogP contribution in [-0.2, 0) is 11.3 Å². The molecule has 1 aliphatic carbocycles. The van der Waals surface area contributed by atoms with Gasteiger partial charge in [-0.3, -0.25) is 9.36 Å². The van der Waals surface area contributed by atoms with Gasteiger partial charge in [-0.15, -0.1) is 16.8 Å². The van der Waals surface area contributed by atoms with Gasteiger partial charge >= 0.3 is 0 Å². The number of thioether (sulfide) groups is 1. The smallest absolute Gasteiger partial charge is 0.230 e. The molecular weight excluding hydrogens is 360 g/mol. The van der Waals surface area contributed by atoms with E-state index in [9.17, 15) is 4.79 Å². The van der Waals surface area contributed by atoms with Gasteiger partial charge in [0.2, 0.25) is 5.91 Å². The zero-order valence-corrected chi connectivity index (χ0v) is 16.8. The molecule has 6 nitrogen and oxygen atoms in total. The molecule has 7 heteroatoms. The molecule has 0 saturated heterocycles. The number of allylic oxidation sites excluding steroid dienone is 1. The van der Waals surface area contributed by atoms with Gasteiger partial charge < -0.3 is 9.73 Å². The van der Waals surface area contributed by atoms with Gasteiger partial charge in [-0.05, 0) is 25.8 Å². The van der Waals surface area contributed by atoms with Crippen LogP contribution in [0.15, 0.2) is 34.6 Å². The van der Waals surface area contributed by atoms with Gasteiger partial charge in [0, 0.05) is 12.6 Å². The monoisotopic (exact) mass is 388 g/mol. The van der Waals surface area contributed by atoms with Gasteiger partial charge in [-0.25, -0.2) is 0 Å². The number of aromatic nitrogens is 3. The van der Waals surface area contributed by atoms with E-state index < -0.39 is 0 Å². The lowest BCUT2D eigenvalue weighted by Gasteiger charge is -2.20. The predicted molar refractivity (Wildman–Crippen MR) is 108 cm³/mol. The molecule has 27 heavy (non-hydrogen) atoms. The van der Waals surface area contributed by atoms with Crippen LogP contribution in [0.5, 0.6) is 0 Å². The standard InChI is InChI=1S/C20H28N4O2S/c1-3-12-24-19(17-11-13-26-15(17)2)22-23-20(24)27-14-18(25)21-16-9-7-5-4-6-8-10-16/h3,11,13,16H,1,4-10,12,14H2,2H3,(H,21,25). The first kappa shape index (κ1) is 19.7. The molecule has 2 aromatic rings. The van der Waals surface area contributed by atoms with E-state index in [1.807, 2.05) is 17.6 Å². The maximum absolute atomic E-state index is 12.4. The molecular formula is C20H28N4O2S. The first-order valence-electron chi connectivity index (χ1n) is 9.69. The minimum Gasteiger partial charge on any atom is -0.469 e. The Kier molecular flexibility index (Phi) is 7.15. The average molecular weight is 389 g/mol. The van der Waals surface area contributed by atoms with Crippen LogP contribution in [-0.4, -0.2) is 32.5 Å². The Bertz CT molecular complexity index is 760. The van der Waals surface area contributed by atoms with E-state index >= 15 is 0 Å². The fraction of sp³-hybridized carbons (Fsp3) is 0.550. The van der Waals surface area contributed by atoms with Crippen molar-refractivity contribution in [3.8, 4) is 11.4 Å². The Morgan fingerprint density at radius 1 is 1.33 bits per heavy atom. The maximum atomic E-state index is 12.4. The number of nitrogens with one attached hydrogen (secondary N) is 1. The predicted octanol–water partition coefficient (Wildman–Crippen LogP) is 4.35. The van der Waals surface area contributed by atoms with Crippen molar-refractivity contribution in [2.75, 3.05) is 5.75 Å². The molecule has 0 radical (unpaired) electrons. The van der Waals surface area contributed by atoms with Crippen molar-refractivity contribution >= 4 is 17.7 Å². The summed E-state index contributed by atoms with van der Waals surface area (Å²) in [5.74, 6) is 1.95. The Hall–Kier alpha value is -2.02. The van der Waals surface area contributed by atoms with Crippen LogP contribution in [0.25, 0.3) is 11.4 Å². The Labute approximate surface area is 164 Å². The topological polar surface area (TPSA) is 73.0 Å². The zero-order chi connectivity index (χ0) is 19.1. The maximum Gasteiger partial charge on any atom is 0.230 e. The Morgan fingerprint density at radius 2 is 2.07 bits per heavy atom. The minimum atomic E-state index is 0.0692. The molecule has 0 aromatic carbocycles. The minimum absolute atomic E-state index is 0.0692. The van der Waals surface area contributed by atoms with E-state index in [1.54, 1.807) is 12.3 Å². The fourth-order valence-electron chi connectivity index (χ4n) is 3.51. The second kappa shape index (κ2) is 9.78. The summed E-state index contributed by atoms with van der Waals surface area (Å²) < 4.78 is 7.36. The van der Waals surface area contributed by atoms with Crippen molar-refractivity contribution in [3.63, 3.8) is 0 Å². The van der Waals surface area contributed by atoms with E-state index in [0.29, 0.717) is 18.3 Å². The SMILES string of the molecule is C=CCn1c(SCC(=O)NC2CCCCCCC2)nnc1-c1ccoc1C. The summed E-state index contributed by atoms with van der Waals surface area (Å²) in [6.07, 6.45) is 11.9. The number of hydrogen-bond acceptors (Lipinski definition) is 5. The molecule has 2 aromatic heterocycles. The third kappa shape index (κ3) is 5.25. The summed E-state index contributed by atoms with van der Waals surface area (Å²) in [7, 11) is 0. The van der Waals surface area contributed by atoms with Crippen molar-refractivity contribution in [1.29, 1.82) is 0 Å². The molecule has 0 bridgehead atoms. The summed E-state index contributed by atoms with van der Waals surface area (Å²) >= 11 is 1.42. The van der Waals surface area contributed by atoms with E-state index in [0.717, 1.165) is 35.1 Å². The highest BCUT2D eigenvalue weighted by Crippen LogP contribution is 2.27. The quantitative estimate of drug-likeness (QED) is 0.564. The number of rotatable bonds is 7. The van der Waals surface area contributed by atoms with E-state index in [2.05, 4.69) is 22.1 Å². The molecule has 2 heterocycles. The molecule has 1 fully saturated rings. The third-order valence-electron chi connectivity index (χ3n) is 4.93. The normalized spacial score (nSPS) is 15.9. The molecule has 1 amide bonds. The molecule has 1 aliphatic rings. The lowest BCUT2D eigenvalue weighted by Crippen LogP contribution is -2.36. The molecule has 0 spiro atoms. The summed E-state index contributed by atoms with van der Waals surface area (Å²) in [5, 5.41) is 12.5. The van der Waals surface area contributed by atoms with Crippen LogP contribution in [0.3, 0.4) is 0 Å². The second-order valence-corrected chi connectivity index (χ2v) is 7.94. The van der Waals surface area contributed by atoms with Gasteiger partial charge in [-0.1, -0.05) is 49.9 Å². The molecule has 0 atom stereocenters. The van der Waals surface area contributed by atoms with Crippen LogP contribution in [0, 0.1) is 6.92 Å². The summed E-state index contributed by atoms with van der Waals surface area (Å²) in [5.41, 5.74) is 0.912. The fourth-order valence-corrected chi connectivity index (χ4v) is 4.26. The highest BCUT2D eigenvalue weighted by Gasteiger charge is 2.19. The highest BCUT2D eigenvalue weighted by atomic mass is 32.2. The number of carbonyl (C=O) groups is 1. The third-order valence-corrected chi connectivity index (χ3v) is 5.90. The lowest BCUT2D eigenvalue weighted by atomic mass is 9.97. The van der Waals surface area contributed by atoms with Gasteiger partial charge in [0.15, 0.2) is 11.0 Å². The van der Waals surface area contributed by atoms with Gasteiger partial charge in [0.1, 0.15) is 5.76 Å². The van der Waals surface area contributed by atoms with Crippen LogP contribution in [0.2, 0.25) is 0 Å². The van der Waals surface area contributed by atoms with E-state index in [1.165, 1.54) is 43.9 Å². The summed E-state index contributed by atoms with van der Waals surface area (Å²) in [6, 6.07) is 2.20. The zero-order valence-electron chi connectivity index (χ0n) is 15.9. The van der Waals surface area contributed by atoms with Gasteiger partial charge in [-0.2, -0.15) is 0 Å². The number of aryl methyl sites for hydroxylation is 1. The largest absolute Gasteiger partial charge is 0.469 e. The van der Waals surface area contributed by atoms with Crippen LogP contribution >= 0.6 is 11.8 Å². The summed E-state index contributed by atoms with van der Waals surface area (Å²) in [4.78, 5) is 12.4. The van der Waals surface area contributed by atoms with Crippen molar-refractivity contribution in [2.45, 2.75) is 69.6 Å². The Morgan fingerprint density at radius 3 is 2.74 bits per heavy atom. The van der Waals surface area contributed by atoms with Crippen LogP contribution < -0.4 is 5.32 Å². The van der Waals surface area contributed by atoms with E-state index in [-0.39, 0.29) is 5.91 Å². The number of furan rings is 1. The highest BCUT2D eigenvalue weighted by molar-refractivity contribution is 7.99. The van der Waals surface area contributed by atoms with Crippen LogP contribution in [0.4, 0.5) is 0 Å². The van der Waals surface area contributed by atoms with Crippen molar-refractivity contribution in [1.82, 2.24) is 20.1 Å². The van der Waals surface area contributed by atoms with Gasteiger partial charge in [0.05, 0.1) is 17.6 Å². The van der Waals surface area contributed by atoms with E-state index in [4.69, 9.17) is 4.42 Å². The molecule has 3 rings (SSSR count). The average Bonchev–Trinajstić information content (AvgIpc) is 3.21. The number of nitrogens with zero attached hydrogens (tertiary/aromatic N) is 3. The molecule has 0 aliphatic heterocycles. The Balaban J connectivity index is 1.61. The van der Waals surface area contributed by atoms with Crippen molar-refractivity contribution < 1.29 is 9.21 Å². The van der Waals surface area contributed by atoms with Crippen molar-refractivity contribution in [3.05, 3.63) is 30.7 Å². The van der Waals surface area contributed by atoms with Gasteiger partial charge in [0.25, 0.3) is 0 Å². The lowest BCUT2D eigenvalue weighted by molar-refractivity contribution is -0.119. The summed E-state index contributed by atoms with van der Waals surface area (Å²) in [6.45, 7) is 6.31. The first-order valence-corrected chi connectivity index (χ1v) is 10.7. The molecule has 1 saturated carbocycles. The number of carbonyl (C=O) groups excluding carboxylic acids is 1. The molecule has 1 N–H and O–H groups in total. The van der Waals surface area contributed by atoms with Crippen LogP contribution in [0.1, 0.15) is 50.7 Å². The molecule has 0 unspecified atom stereocenters.